The average Bonchev–Trinajstić information content (AvgIpc) is 3.34. The second kappa shape index (κ2) is 6.28. The van der Waals surface area contributed by atoms with Crippen molar-refractivity contribution < 1.29 is 9.47 Å². The fourth-order valence-corrected chi connectivity index (χ4v) is 6.39. The fourth-order valence-electron chi connectivity index (χ4n) is 6.39. The van der Waals surface area contributed by atoms with Crippen molar-refractivity contribution in [3.63, 3.8) is 0 Å². The molecule has 1 aromatic heterocycles. The lowest BCUT2D eigenvalue weighted by Gasteiger charge is -2.49. The Bertz CT molecular complexity index is 1010. The average molecular weight is 393 g/mol. The maximum Gasteiger partial charge on any atom is 0.123 e. The zero-order valence-corrected chi connectivity index (χ0v) is 18.0. The van der Waals surface area contributed by atoms with Gasteiger partial charge in [0, 0.05) is 35.6 Å². The molecule has 4 nitrogen and oxygen atoms in total. The normalized spacial score (nSPS) is 35.9. The number of aromatic nitrogens is 1. The molecule has 3 aliphatic heterocycles. The summed E-state index contributed by atoms with van der Waals surface area (Å²) in [5.41, 5.74) is 7.10. The summed E-state index contributed by atoms with van der Waals surface area (Å²) in [5.74, 6) is 3.77. The van der Waals surface area contributed by atoms with Gasteiger partial charge in [0.05, 0.1) is 25.5 Å². The van der Waals surface area contributed by atoms with Crippen LogP contribution in [0.25, 0.3) is 10.9 Å². The van der Waals surface area contributed by atoms with E-state index in [4.69, 9.17) is 9.47 Å². The first-order valence-electron chi connectivity index (χ1n) is 11.3. The molecule has 2 fully saturated rings. The molecule has 0 bridgehead atoms. The molecule has 4 heterocycles. The summed E-state index contributed by atoms with van der Waals surface area (Å²) < 4.78 is 11.7. The predicted octanol–water partition coefficient (Wildman–Crippen LogP) is 5.16. The van der Waals surface area contributed by atoms with E-state index in [1.54, 1.807) is 0 Å². The van der Waals surface area contributed by atoms with Gasteiger partial charge in [-0.25, -0.2) is 0 Å². The number of aromatic amines is 1. The number of benzene rings is 1. The van der Waals surface area contributed by atoms with Crippen LogP contribution in [-0.2, 0) is 11.2 Å². The molecular weight excluding hydrogens is 360 g/mol. The summed E-state index contributed by atoms with van der Waals surface area (Å²) in [4.78, 5) is 6.58. The number of allylic oxidation sites excluding steroid dienone is 1. The highest BCUT2D eigenvalue weighted by Gasteiger charge is 2.44. The van der Waals surface area contributed by atoms with Crippen LogP contribution in [0.5, 0.6) is 5.75 Å². The number of methoxy groups -OCH3 is 1. The number of H-pyrrole nitrogens is 1. The number of fused-ring (bicyclic) bond motifs is 6. The number of nitrogens with one attached hydrogen (secondary N) is 1. The molecule has 2 aromatic rings. The highest BCUT2D eigenvalue weighted by atomic mass is 16.5. The number of rotatable bonds is 2. The molecule has 0 spiro atoms. The minimum absolute atomic E-state index is 0.320. The lowest BCUT2D eigenvalue weighted by atomic mass is 9.72. The Hall–Kier alpha value is -1.94. The number of hydrogen-bond donors (Lipinski definition) is 1. The van der Waals surface area contributed by atoms with Crippen LogP contribution in [0.1, 0.15) is 62.4 Å². The summed E-state index contributed by atoms with van der Waals surface area (Å²) in [7, 11) is 1.82. The van der Waals surface area contributed by atoms with E-state index < -0.39 is 0 Å². The first-order chi connectivity index (χ1) is 14.0. The van der Waals surface area contributed by atoms with E-state index in [-0.39, 0.29) is 0 Å². The monoisotopic (exact) mass is 392 g/mol. The number of nitrogens with zero attached hydrogens (tertiary/aromatic N) is 1. The topological polar surface area (TPSA) is 37.5 Å². The molecule has 29 heavy (non-hydrogen) atoms. The van der Waals surface area contributed by atoms with Crippen molar-refractivity contribution in [2.75, 3.05) is 20.2 Å². The van der Waals surface area contributed by atoms with Crippen molar-refractivity contribution >= 4 is 10.9 Å². The fraction of sp³-hybridized carbons (Fsp3) is 0.600. The second-order valence-electron chi connectivity index (χ2n) is 9.95. The first-order valence-corrected chi connectivity index (χ1v) is 11.3. The van der Waals surface area contributed by atoms with Crippen molar-refractivity contribution in [1.82, 2.24) is 9.88 Å². The Morgan fingerprint density at radius 3 is 2.76 bits per heavy atom. The summed E-state index contributed by atoms with van der Waals surface area (Å²) in [6, 6.07) is 5.20. The highest BCUT2D eigenvalue weighted by Crippen LogP contribution is 2.52. The molecule has 4 heteroatoms. The lowest BCUT2D eigenvalue weighted by molar-refractivity contribution is -0.0228. The van der Waals surface area contributed by atoms with Crippen molar-refractivity contribution in [2.45, 2.75) is 58.1 Å². The van der Waals surface area contributed by atoms with E-state index in [2.05, 4.69) is 42.8 Å². The van der Waals surface area contributed by atoms with Crippen molar-refractivity contribution in [3.8, 4) is 5.75 Å². The lowest BCUT2D eigenvalue weighted by Crippen LogP contribution is -2.50. The van der Waals surface area contributed by atoms with Gasteiger partial charge < -0.3 is 14.5 Å². The van der Waals surface area contributed by atoms with Gasteiger partial charge in [0.25, 0.3) is 0 Å². The van der Waals surface area contributed by atoms with E-state index in [9.17, 15) is 0 Å². The Labute approximate surface area is 173 Å². The summed E-state index contributed by atoms with van der Waals surface area (Å²) in [5, 5.41) is 1.38. The third kappa shape index (κ3) is 2.61. The van der Waals surface area contributed by atoms with E-state index in [1.165, 1.54) is 46.1 Å². The van der Waals surface area contributed by atoms with E-state index in [0.717, 1.165) is 31.2 Å². The van der Waals surface area contributed by atoms with E-state index in [0.29, 0.717) is 29.9 Å². The van der Waals surface area contributed by atoms with Crippen LogP contribution in [0.2, 0.25) is 0 Å². The highest BCUT2D eigenvalue weighted by molar-refractivity contribution is 5.88. The van der Waals surface area contributed by atoms with Crippen LogP contribution >= 0.6 is 0 Å². The largest absolute Gasteiger partial charge is 0.498 e. The number of piperidine rings is 1. The maximum atomic E-state index is 5.92. The van der Waals surface area contributed by atoms with Gasteiger partial charge in [-0.2, -0.15) is 0 Å². The van der Waals surface area contributed by atoms with Crippen molar-refractivity contribution in [1.29, 1.82) is 0 Å². The molecule has 1 aromatic carbocycles. The number of ether oxygens (including phenoxy) is 2. The molecule has 154 valence electrons. The second-order valence-corrected chi connectivity index (χ2v) is 9.95. The Morgan fingerprint density at radius 1 is 1.17 bits per heavy atom. The minimum Gasteiger partial charge on any atom is -0.498 e. The molecule has 1 aliphatic carbocycles. The predicted molar refractivity (Wildman–Crippen MR) is 115 cm³/mol. The summed E-state index contributed by atoms with van der Waals surface area (Å²) in [6.07, 6.45) is 5.94. The Balaban J connectivity index is 1.42. The molecule has 1 N–H and O–H groups in total. The van der Waals surface area contributed by atoms with E-state index >= 15 is 0 Å². The standard InChI is InChI=1S/C25H32N2O2/c1-13-7-17(13)20-8-22-19(10-24(20)28-4)16-5-6-27-11-21-15(3)29-12-14(2)18(21)9-23(27)25(16)26-22/h8,10,12-13,15,17-18,21,23,26H,5-7,9,11H2,1-4H3/t13?,15-,17?,18?,21?,23?/m0/s1. The van der Waals surface area contributed by atoms with Crippen molar-refractivity contribution in [3.05, 3.63) is 40.8 Å². The zero-order chi connectivity index (χ0) is 19.9. The zero-order valence-electron chi connectivity index (χ0n) is 18.0. The van der Waals surface area contributed by atoms with E-state index in [1.807, 2.05) is 13.4 Å². The first kappa shape index (κ1) is 17.9. The quantitative estimate of drug-likeness (QED) is 0.767. The Morgan fingerprint density at radius 2 is 2.00 bits per heavy atom. The van der Waals surface area contributed by atoms with Crippen LogP contribution < -0.4 is 4.74 Å². The summed E-state index contributed by atoms with van der Waals surface area (Å²) in [6.45, 7) is 9.13. The van der Waals surface area contributed by atoms with Gasteiger partial charge in [0.1, 0.15) is 5.75 Å². The van der Waals surface area contributed by atoms with Gasteiger partial charge in [-0.3, -0.25) is 4.90 Å². The molecule has 0 amide bonds. The Kier molecular flexibility index (Phi) is 3.87. The third-order valence-electron chi connectivity index (χ3n) is 8.32. The van der Waals surface area contributed by atoms with Crippen molar-refractivity contribution in [2.24, 2.45) is 17.8 Å². The number of hydrogen-bond acceptors (Lipinski definition) is 3. The molecule has 6 rings (SSSR count). The van der Waals surface area contributed by atoms with Crippen LogP contribution in [0.3, 0.4) is 0 Å². The molecule has 0 radical (unpaired) electrons. The molecule has 4 aliphatic rings. The minimum atomic E-state index is 0.320. The van der Waals surface area contributed by atoms with Gasteiger partial charge in [0.15, 0.2) is 0 Å². The summed E-state index contributed by atoms with van der Waals surface area (Å²) >= 11 is 0. The smallest absolute Gasteiger partial charge is 0.123 e. The molecule has 5 unspecified atom stereocenters. The van der Waals surface area contributed by atoms with Gasteiger partial charge in [-0.05, 0) is 79.7 Å². The van der Waals surface area contributed by atoms with Crippen LogP contribution in [0.4, 0.5) is 0 Å². The molecule has 6 atom stereocenters. The molecule has 1 saturated heterocycles. The van der Waals surface area contributed by atoms with Gasteiger partial charge >= 0.3 is 0 Å². The van der Waals surface area contributed by atoms with Crippen LogP contribution in [0.15, 0.2) is 24.0 Å². The van der Waals surface area contributed by atoms with Crippen LogP contribution in [0, 0.1) is 17.8 Å². The van der Waals surface area contributed by atoms with Gasteiger partial charge in [0.2, 0.25) is 0 Å². The maximum absolute atomic E-state index is 5.92. The third-order valence-corrected chi connectivity index (χ3v) is 8.32. The van der Waals surface area contributed by atoms with Crippen LogP contribution in [-0.4, -0.2) is 36.2 Å². The molecular formula is C25H32N2O2. The molecule has 1 saturated carbocycles. The van der Waals surface area contributed by atoms with Gasteiger partial charge in [-0.1, -0.05) is 6.92 Å². The SMILES string of the molecule is COc1cc2c3c([nH]c2cc1C1CC1C)C1CC2C(C)=CO[C@@H](C)C2CN1CC3. The van der Waals surface area contributed by atoms with Gasteiger partial charge in [-0.15, -0.1) is 0 Å².